The minimum atomic E-state index is -3.50. The highest BCUT2D eigenvalue weighted by molar-refractivity contribution is 7.54. The number of benzene rings is 1. The van der Waals surface area contributed by atoms with Crippen LogP contribution in [0.25, 0.3) is 0 Å². The molecule has 9 heteroatoms. The molecule has 0 aliphatic carbocycles. The van der Waals surface area contributed by atoms with E-state index >= 15 is 0 Å². The molecule has 0 atom stereocenters. The third kappa shape index (κ3) is 4.68. The van der Waals surface area contributed by atoms with E-state index in [9.17, 15) is 9.36 Å². The van der Waals surface area contributed by atoms with Gasteiger partial charge in [0.15, 0.2) is 24.1 Å². The molecule has 0 heterocycles. The average Bonchev–Trinajstić information content (AvgIpc) is 2.58. The van der Waals surface area contributed by atoms with E-state index in [0.717, 1.165) is 0 Å². The Morgan fingerprint density at radius 3 is 2.13 bits per heavy atom. The van der Waals surface area contributed by atoms with Crippen LogP contribution in [0.3, 0.4) is 0 Å². The molecule has 0 aliphatic heterocycles. The first-order valence-electron chi connectivity index (χ1n) is 6.56. The van der Waals surface area contributed by atoms with Gasteiger partial charge in [-0.15, -0.1) is 0 Å². The second-order valence-electron chi connectivity index (χ2n) is 4.29. The van der Waals surface area contributed by atoms with Crippen molar-refractivity contribution in [1.82, 2.24) is 0 Å². The van der Waals surface area contributed by atoms with E-state index < -0.39 is 19.5 Å². The summed E-state index contributed by atoms with van der Waals surface area (Å²) in [6, 6.07) is 3.04. The number of hydrogen-bond donors (Lipinski definition) is 0. The Morgan fingerprint density at radius 2 is 1.65 bits per heavy atom. The Bertz CT molecular complexity index is 578. The smallest absolute Gasteiger partial charge is 0.337 e. The molecule has 0 radical (unpaired) electrons. The van der Waals surface area contributed by atoms with Crippen molar-refractivity contribution in [3.8, 4) is 17.2 Å². The van der Waals surface area contributed by atoms with Gasteiger partial charge < -0.3 is 28.0 Å². The van der Waals surface area contributed by atoms with Gasteiger partial charge in [0, 0.05) is 21.3 Å². The lowest BCUT2D eigenvalue weighted by atomic mass is 10.1. The molecular formula is C14H21O8P. The molecule has 23 heavy (non-hydrogen) atoms. The van der Waals surface area contributed by atoms with Gasteiger partial charge in [-0.3, -0.25) is 9.36 Å². The van der Waals surface area contributed by atoms with Gasteiger partial charge in [0.2, 0.25) is 5.75 Å². The summed E-state index contributed by atoms with van der Waals surface area (Å²) in [5, 5.41) is 0. The Labute approximate surface area is 135 Å². The van der Waals surface area contributed by atoms with Crippen LogP contribution < -0.4 is 14.2 Å². The predicted molar refractivity (Wildman–Crippen MR) is 82.9 cm³/mol. The zero-order chi connectivity index (χ0) is 17.5. The van der Waals surface area contributed by atoms with Gasteiger partial charge in [-0.05, 0) is 12.1 Å². The van der Waals surface area contributed by atoms with E-state index in [1.54, 1.807) is 6.07 Å². The highest BCUT2D eigenvalue weighted by Gasteiger charge is 2.29. The van der Waals surface area contributed by atoms with Gasteiger partial charge in [-0.1, -0.05) is 0 Å². The molecule has 0 saturated carbocycles. The minimum Gasteiger partial charge on any atom is -0.493 e. The van der Waals surface area contributed by atoms with Crippen LogP contribution in [0.1, 0.15) is 10.4 Å². The van der Waals surface area contributed by atoms with Crippen molar-refractivity contribution < 1.29 is 37.4 Å². The second kappa shape index (κ2) is 8.88. The quantitative estimate of drug-likeness (QED) is 0.362. The van der Waals surface area contributed by atoms with Gasteiger partial charge in [0.25, 0.3) is 0 Å². The van der Waals surface area contributed by atoms with Gasteiger partial charge in [0.1, 0.15) is 6.16 Å². The molecule has 1 aromatic rings. The maximum absolute atomic E-state index is 12.5. The van der Waals surface area contributed by atoms with Crippen molar-refractivity contribution >= 4 is 13.4 Å². The number of Topliss-reactive ketones (excluding diaryl/α,β-unsaturated/α-hetero) is 1. The van der Waals surface area contributed by atoms with Gasteiger partial charge >= 0.3 is 7.60 Å². The van der Waals surface area contributed by atoms with Gasteiger partial charge in [-0.25, -0.2) is 0 Å². The summed E-state index contributed by atoms with van der Waals surface area (Å²) in [7, 11) is 3.26. The van der Waals surface area contributed by atoms with E-state index in [2.05, 4.69) is 0 Å². The molecule has 0 N–H and O–H groups in total. The standard InChI is InChI=1S/C14H21O8P/c1-17-9-22-13-10(6-7-12(18-2)14(13)19-3)11(15)8-23(16,20-4)21-5/h6-7H,8-9H2,1-5H3. The third-order valence-corrected chi connectivity index (χ3v) is 4.80. The highest BCUT2D eigenvalue weighted by atomic mass is 31.2. The molecule has 0 bridgehead atoms. The summed E-state index contributed by atoms with van der Waals surface area (Å²) in [5.74, 6) is 0.276. The number of rotatable bonds is 10. The molecule has 0 spiro atoms. The summed E-state index contributed by atoms with van der Waals surface area (Å²) >= 11 is 0. The monoisotopic (exact) mass is 348 g/mol. The highest BCUT2D eigenvalue weighted by Crippen LogP contribution is 2.48. The average molecular weight is 348 g/mol. The van der Waals surface area contributed by atoms with E-state index in [0.29, 0.717) is 5.75 Å². The van der Waals surface area contributed by atoms with Gasteiger partial charge in [-0.2, -0.15) is 0 Å². The van der Waals surface area contributed by atoms with Crippen LogP contribution in [0.4, 0.5) is 0 Å². The fourth-order valence-electron chi connectivity index (χ4n) is 1.84. The number of ketones is 1. The molecule has 1 aromatic carbocycles. The van der Waals surface area contributed by atoms with Crippen LogP contribution in [0.15, 0.2) is 12.1 Å². The van der Waals surface area contributed by atoms with Crippen molar-refractivity contribution in [1.29, 1.82) is 0 Å². The van der Waals surface area contributed by atoms with Crippen LogP contribution >= 0.6 is 7.60 Å². The van der Waals surface area contributed by atoms with E-state index in [4.69, 9.17) is 28.0 Å². The zero-order valence-electron chi connectivity index (χ0n) is 13.8. The van der Waals surface area contributed by atoms with E-state index in [1.165, 1.54) is 41.6 Å². The maximum Gasteiger partial charge on any atom is 0.337 e. The molecule has 0 saturated heterocycles. The second-order valence-corrected chi connectivity index (χ2v) is 6.55. The fraction of sp³-hybridized carbons (Fsp3) is 0.500. The summed E-state index contributed by atoms with van der Waals surface area (Å²) in [6.45, 7) is -0.101. The van der Waals surface area contributed by atoms with E-state index in [-0.39, 0.29) is 23.9 Å². The first kappa shape index (κ1) is 19.4. The molecule has 0 fully saturated rings. The number of carbonyl (C=O) groups is 1. The number of ether oxygens (including phenoxy) is 4. The SMILES string of the molecule is COCOc1c(C(=O)CP(=O)(OC)OC)ccc(OC)c1OC. The Hall–Kier alpha value is -1.60. The molecule has 0 aromatic heterocycles. The largest absolute Gasteiger partial charge is 0.493 e. The minimum absolute atomic E-state index is 0.101. The third-order valence-electron chi connectivity index (χ3n) is 3.02. The van der Waals surface area contributed by atoms with Crippen LogP contribution in [0.2, 0.25) is 0 Å². The molecule has 0 unspecified atom stereocenters. The molecule has 1 rings (SSSR count). The van der Waals surface area contributed by atoms with E-state index in [1.807, 2.05) is 0 Å². The van der Waals surface area contributed by atoms with Crippen molar-refractivity contribution in [3.63, 3.8) is 0 Å². The molecular weight excluding hydrogens is 327 g/mol. The number of carbonyl (C=O) groups excluding carboxylic acids is 1. The first-order chi connectivity index (χ1) is 11.0. The number of hydrogen-bond acceptors (Lipinski definition) is 8. The molecule has 8 nitrogen and oxygen atoms in total. The van der Waals surface area contributed by atoms with Crippen LogP contribution in [0.5, 0.6) is 17.2 Å². The van der Waals surface area contributed by atoms with Crippen LogP contribution in [-0.4, -0.2) is 54.3 Å². The Kier molecular flexibility index (Phi) is 7.51. The predicted octanol–water partition coefficient (Wildman–Crippen LogP) is 2.36. The first-order valence-corrected chi connectivity index (χ1v) is 8.29. The zero-order valence-corrected chi connectivity index (χ0v) is 14.7. The number of methoxy groups -OCH3 is 3. The van der Waals surface area contributed by atoms with Crippen molar-refractivity contribution in [2.75, 3.05) is 48.5 Å². The molecule has 0 amide bonds. The normalized spacial score (nSPS) is 11.2. The van der Waals surface area contributed by atoms with Crippen molar-refractivity contribution in [2.45, 2.75) is 0 Å². The van der Waals surface area contributed by atoms with Gasteiger partial charge in [0.05, 0.1) is 19.8 Å². The van der Waals surface area contributed by atoms with Crippen molar-refractivity contribution in [2.24, 2.45) is 0 Å². The summed E-state index contributed by atoms with van der Waals surface area (Å²) in [5.41, 5.74) is 0.161. The Balaban J connectivity index is 3.28. The molecule has 130 valence electrons. The van der Waals surface area contributed by atoms with Crippen LogP contribution in [0, 0.1) is 0 Å². The van der Waals surface area contributed by atoms with Crippen molar-refractivity contribution in [3.05, 3.63) is 17.7 Å². The lowest BCUT2D eigenvalue weighted by Crippen LogP contribution is -2.12. The maximum atomic E-state index is 12.5. The fourth-order valence-corrected chi connectivity index (χ4v) is 2.77. The topological polar surface area (TPSA) is 89.5 Å². The lowest BCUT2D eigenvalue weighted by molar-refractivity contribution is 0.0480. The molecule has 0 aliphatic rings. The Morgan fingerprint density at radius 1 is 1.00 bits per heavy atom. The van der Waals surface area contributed by atoms with Crippen LogP contribution in [-0.2, 0) is 18.3 Å². The summed E-state index contributed by atoms with van der Waals surface area (Å²) in [6.07, 6.45) is -0.432. The summed E-state index contributed by atoms with van der Waals surface area (Å²) in [4.78, 5) is 12.5. The summed E-state index contributed by atoms with van der Waals surface area (Å²) < 4.78 is 42.5. The lowest BCUT2D eigenvalue weighted by Gasteiger charge is -2.18.